The van der Waals surface area contributed by atoms with Crippen LogP contribution in [-0.4, -0.2) is 30.0 Å². The lowest BCUT2D eigenvalue weighted by molar-refractivity contribution is -0.119. The van der Waals surface area contributed by atoms with Crippen LogP contribution in [0.15, 0.2) is 0 Å². The van der Waals surface area contributed by atoms with Gasteiger partial charge in [-0.3, -0.25) is 10.1 Å². The van der Waals surface area contributed by atoms with Crippen LogP contribution in [0.4, 0.5) is 4.79 Å². The largest absolute Gasteiger partial charge is 0.341 e. The van der Waals surface area contributed by atoms with Gasteiger partial charge in [-0.2, -0.15) is 0 Å². The lowest BCUT2D eigenvalue weighted by atomic mass is 10.0. The van der Waals surface area contributed by atoms with E-state index in [9.17, 15) is 9.59 Å². The van der Waals surface area contributed by atoms with Crippen molar-refractivity contribution in [2.24, 2.45) is 5.41 Å². The van der Waals surface area contributed by atoms with Crippen LogP contribution < -0.4 is 10.6 Å². The maximum atomic E-state index is 11.4. The zero-order chi connectivity index (χ0) is 12.1. The number of thioether (sulfide) groups is 1. The fourth-order valence-corrected chi connectivity index (χ4v) is 1.69. The summed E-state index contributed by atoms with van der Waals surface area (Å²) in [5.41, 5.74) is 0.187. The maximum Gasteiger partial charge on any atom is 0.321 e. The van der Waals surface area contributed by atoms with E-state index in [-0.39, 0.29) is 16.6 Å². The number of amides is 3. The van der Waals surface area contributed by atoms with E-state index in [0.717, 1.165) is 5.75 Å². The highest BCUT2D eigenvalue weighted by Crippen LogP contribution is 2.23. The Bertz CT molecular complexity index is 236. The quantitative estimate of drug-likeness (QED) is 0.777. The second kappa shape index (κ2) is 6.00. The fraction of sp³-hybridized carbons (Fsp3) is 0.800. The van der Waals surface area contributed by atoms with Gasteiger partial charge in [0.15, 0.2) is 0 Å². The molecule has 0 radical (unpaired) electrons. The second-order valence-electron chi connectivity index (χ2n) is 4.58. The number of hydrogen-bond acceptors (Lipinski definition) is 3. The molecular weight excluding hydrogens is 212 g/mol. The van der Waals surface area contributed by atoms with E-state index in [0.29, 0.717) is 0 Å². The van der Waals surface area contributed by atoms with E-state index in [1.54, 1.807) is 18.7 Å². The van der Waals surface area contributed by atoms with Gasteiger partial charge in [0.25, 0.3) is 0 Å². The SMILES string of the molecule is CNC(=O)NC(=O)C(C)SCC(C)(C)C. The van der Waals surface area contributed by atoms with Crippen molar-refractivity contribution < 1.29 is 9.59 Å². The van der Waals surface area contributed by atoms with Crippen LogP contribution >= 0.6 is 11.8 Å². The van der Waals surface area contributed by atoms with Crippen molar-refractivity contribution >= 4 is 23.7 Å². The summed E-state index contributed by atoms with van der Waals surface area (Å²) in [5, 5.41) is 4.39. The van der Waals surface area contributed by atoms with Crippen LogP contribution in [0, 0.1) is 5.41 Å². The van der Waals surface area contributed by atoms with E-state index < -0.39 is 6.03 Å². The molecular formula is C10H20N2O2S. The number of carbonyl (C=O) groups excluding carboxylic acids is 2. The molecule has 0 aliphatic rings. The standard InChI is InChI=1S/C10H20N2O2S/c1-7(15-6-10(2,3)4)8(13)12-9(14)11-5/h7H,6H2,1-5H3,(H2,11,12,13,14). The molecule has 0 saturated carbocycles. The summed E-state index contributed by atoms with van der Waals surface area (Å²) in [5.74, 6) is 0.638. The first-order valence-electron chi connectivity index (χ1n) is 4.90. The zero-order valence-corrected chi connectivity index (χ0v) is 10.8. The predicted octanol–water partition coefficient (Wildman–Crippen LogP) is 1.61. The van der Waals surface area contributed by atoms with Gasteiger partial charge in [-0.15, -0.1) is 11.8 Å². The number of carbonyl (C=O) groups is 2. The summed E-state index contributed by atoms with van der Waals surface area (Å²) in [6.45, 7) is 8.14. The van der Waals surface area contributed by atoms with Crippen LogP contribution in [0.25, 0.3) is 0 Å². The van der Waals surface area contributed by atoms with Gasteiger partial charge in [0, 0.05) is 7.05 Å². The summed E-state index contributed by atoms with van der Waals surface area (Å²) in [7, 11) is 1.48. The number of imide groups is 1. The Hall–Kier alpha value is -0.710. The predicted molar refractivity (Wildman–Crippen MR) is 64.0 cm³/mol. The Balaban J connectivity index is 3.95. The molecule has 0 aromatic rings. The van der Waals surface area contributed by atoms with Crippen molar-refractivity contribution in [1.82, 2.24) is 10.6 Å². The van der Waals surface area contributed by atoms with Gasteiger partial charge >= 0.3 is 6.03 Å². The lowest BCUT2D eigenvalue weighted by Crippen LogP contribution is -2.41. The topological polar surface area (TPSA) is 58.2 Å². The molecule has 88 valence electrons. The molecule has 1 atom stereocenters. The molecule has 5 heteroatoms. The first-order chi connectivity index (χ1) is 6.76. The van der Waals surface area contributed by atoms with Gasteiger partial charge in [-0.1, -0.05) is 20.8 Å². The molecule has 0 fully saturated rings. The summed E-state index contributed by atoms with van der Waals surface area (Å²) < 4.78 is 0. The molecule has 0 aliphatic carbocycles. The maximum absolute atomic E-state index is 11.4. The van der Waals surface area contributed by atoms with E-state index in [1.807, 2.05) is 0 Å². The van der Waals surface area contributed by atoms with Crippen LogP contribution in [0.5, 0.6) is 0 Å². The van der Waals surface area contributed by atoms with Crippen LogP contribution in [0.1, 0.15) is 27.7 Å². The monoisotopic (exact) mass is 232 g/mol. The van der Waals surface area contributed by atoms with E-state index in [1.165, 1.54) is 7.05 Å². The molecule has 0 heterocycles. The molecule has 3 amide bonds. The van der Waals surface area contributed by atoms with Gasteiger partial charge in [0.1, 0.15) is 0 Å². The van der Waals surface area contributed by atoms with Crippen molar-refractivity contribution in [3.63, 3.8) is 0 Å². The Labute approximate surface area is 95.6 Å². The molecule has 4 nitrogen and oxygen atoms in total. The third-order valence-electron chi connectivity index (χ3n) is 1.60. The smallest absolute Gasteiger partial charge is 0.321 e. The molecule has 15 heavy (non-hydrogen) atoms. The molecule has 0 aromatic carbocycles. The van der Waals surface area contributed by atoms with Crippen molar-refractivity contribution in [2.45, 2.75) is 32.9 Å². The van der Waals surface area contributed by atoms with Gasteiger partial charge in [-0.25, -0.2) is 4.79 Å². The molecule has 0 spiro atoms. The number of nitrogens with one attached hydrogen (secondary N) is 2. The third-order valence-corrected chi connectivity index (χ3v) is 3.35. The molecule has 0 rings (SSSR count). The molecule has 0 saturated heterocycles. The number of urea groups is 1. The van der Waals surface area contributed by atoms with Crippen molar-refractivity contribution in [3.05, 3.63) is 0 Å². The van der Waals surface area contributed by atoms with E-state index in [4.69, 9.17) is 0 Å². The van der Waals surface area contributed by atoms with Gasteiger partial charge in [-0.05, 0) is 18.1 Å². The summed E-state index contributed by atoms with van der Waals surface area (Å²) in [6, 6.07) is -0.455. The first-order valence-corrected chi connectivity index (χ1v) is 5.95. The average Bonchev–Trinajstić information content (AvgIpc) is 2.12. The van der Waals surface area contributed by atoms with Crippen molar-refractivity contribution in [2.75, 3.05) is 12.8 Å². The highest BCUT2D eigenvalue weighted by atomic mass is 32.2. The van der Waals surface area contributed by atoms with Gasteiger partial charge in [0.05, 0.1) is 5.25 Å². The van der Waals surface area contributed by atoms with Crippen molar-refractivity contribution in [1.29, 1.82) is 0 Å². The first kappa shape index (κ1) is 14.3. The molecule has 2 N–H and O–H groups in total. The normalized spacial score (nSPS) is 13.1. The van der Waals surface area contributed by atoms with E-state index in [2.05, 4.69) is 31.4 Å². The third kappa shape index (κ3) is 7.25. The average molecular weight is 232 g/mol. The second-order valence-corrected chi connectivity index (χ2v) is 5.91. The zero-order valence-electron chi connectivity index (χ0n) is 10.0. The Kier molecular flexibility index (Phi) is 5.72. The Morgan fingerprint density at radius 3 is 2.27 bits per heavy atom. The molecule has 0 aliphatic heterocycles. The Morgan fingerprint density at radius 2 is 1.87 bits per heavy atom. The van der Waals surface area contributed by atoms with Gasteiger partial charge < -0.3 is 5.32 Å². The van der Waals surface area contributed by atoms with Crippen LogP contribution in [0.3, 0.4) is 0 Å². The molecule has 0 bridgehead atoms. The van der Waals surface area contributed by atoms with Crippen LogP contribution in [0.2, 0.25) is 0 Å². The minimum Gasteiger partial charge on any atom is -0.341 e. The Morgan fingerprint density at radius 1 is 1.33 bits per heavy atom. The number of rotatable bonds is 3. The van der Waals surface area contributed by atoms with Crippen LogP contribution in [-0.2, 0) is 4.79 Å². The molecule has 0 aromatic heterocycles. The lowest BCUT2D eigenvalue weighted by Gasteiger charge is -2.19. The number of hydrogen-bond donors (Lipinski definition) is 2. The fourth-order valence-electron chi connectivity index (χ4n) is 0.727. The van der Waals surface area contributed by atoms with E-state index >= 15 is 0 Å². The van der Waals surface area contributed by atoms with Gasteiger partial charge in [0.2, 0.25) is 5.91 Å². The summed E-state index contributed by atoms with van der Waals surface area (Å²) in [6.07, 6.45) is 0. The minimum atomic E-state index is -0.455. The summed E-state index contributed by atoms with van der Waals surface area (Å²) in [4.78, 5) is 22.3. The van der Waals surface area contributed by atoms with Crippen molar-refractivity contribution in [3.8, 4) is 0 Å². The highest BCUT2D eigenvalue weighted by molar-refractivity contribution is 8.00. The minimum absolute atomic E-state index is 0.187. The molecule has 1 unspecified atom stereocenters. The highest BCUT2D eigenvalue weighted by Gasteiger charge is 2.19. The summed E-state index contributed by atoms with van der Waals surface area (Å²) >= 11 is 1.55.